The molecule has 0 aliphatic heterocycles. The van der Waals surface area contributed by atoms with Crippen LogP contribution in [0.3, 0.4) is 0 Å². The lowest BCUT2D eigenvalue weighted by molar-refractivity contribution is 0.443. The Kier molecular flexibility index (Phi) is 3.31. The molecule has 1 aromatic heterocycles. The number of halogens is 1. The van der Waals surface area contributed by atoms with E-state index >= 15 is 0 Å². The Morgan fingerprint density at radius 3 is 2.70 bits per heavy atom. The van der Waals surface area contributed by atoms with Crippen LogP contribution in [0.2, 0.25) is 0 Å². The van der Waals surface area contributed by atoms with Crippen molar-refractivity contribution in [1.82, 2.24) is 4.98 Å². The van der Waals surface area contributed by atoms with Crippen LogP contribution in [-0.4, -0.2) is 4.98 Å². The first-order chi connectivity index (χ1) is 9.76. The summed E-state index contributed by atoms with van der Waals surface area (Å²) in [5.41, 5.74) is 7.24. The first-order valence-electron chi connectivity index (χ1n) is 6.28. The van der Waals surface area contributed by atoms with Crippen molar-refractivity contribution in [1.29, 1.82) is 0 Å². The zero-order valence-corrected chi connectivity index (χ0v) is 10.7. The van der Waals surface area contributed by atoms with Crippen LogP contribution in [0, 0.1) is 5.82 Å². The van der Waals surface area contributed by atoms with Gasteiger partial charge in [0.25, 0.3) is 0 Å². The zero-order valence-electron chi connectivity index (χ0n) is 10.7. The summed E-state index contributed by atoms with van der Waals surface area (Å²) < 4.78 is 19.1. The van der Waals surface area contributed by atoms with Crippen LogP contribution in [0.4, 0.5) is 4.39 Å². The van der Waals surface area contributed by atoms with Gasteiger partial charge in [-0.1, -0.05) is 18.2 Å². The molecule has 0 fully saturated rings. The number of nitrogens with two attached hydrogens (primary N) is 1. The van der Waals surface area contributed by atoms with Gasteiger partial charge in [-0.15, -0.1) is 0 Å². The smallest absolute Gasteiger partial charge is 0.165 e. The summed E-state index contributed by atoms with van der Waals surface area (Å²) >= 11 is 0. The molecule has 100 valence electrons. The molecule has 0 bridgehead atoms. The molecule has 0 aliphatic rings. The van der Waals surface area contributed by atoms with Crippen molar-refractivity contribution >= 4 is 10.9 Å². The van der Waals surface area contributed by atoms with Crippen LogP contribution >= 0.6 is 0 Å². The predicted molar refractivity (Wildman–Crippen MR) is 76.1 cm³/mol. The van der Waals surface area contributed by atoms with Crippen molar-refractivity contribution < 1.29 is 9.13 Å². The van der Waals surface area contributed by atoms with Gasteiger partial charge in [0.2, 0.25) is 0 Å². The topological polar surface area (TPSA) is 48.1 Å². The van der Waals surface area contributed by atoms with E-state index in [1.54, 1.807) is 24.3 Å². The molecule has 20 heavy (non-hydrogen) atoms. The molecule has 0 aliphatic carbocycles. The van der Waals surface area contributed by atoms with Crippen molar-refractivity contribution in [3.63, 3.8) is 0 Å². The highest BCUT2D eigenvalue weighted by molar-refractivity contribution is 5.80. The Labute approximate surface area is 115 Å². The van der Waals surface area contributed by atoms with Gasteiger partial charge in [-0.25, -0.2) is 4.39 Å². The number of para-hydroxylation sites is 1. The molecule has 3 aromatic rings. The van der Waals surface area contributed by atoms with Crippen LogP contribution in [0.25, 0.3) is 10.9 Å². The Morgan fingerprint density at radius 2 is 1.90 bits per heavy atom. The fraction of sp³-hybridized carbons (Fsp3) is 0.0625. The molecule has 2 aromatic carbocycles. The Balaban J connectivity index is 1.95. The molecule has 0 radical (unpaired) electrons. The molecule has 0 amide bonds. The van der Waals surface area contributed by atoms with Crippen molar-refractivity contribution in [2.45, 2.75) is 6.54 Å². The molecule has 3 rings (SSSR count). The van der Waals surface area contributed by atoms with Crippen LogP contribution < -0.4 is 10.5 Å². The Bertz CT molecular complexity index is 758. The summed E-state index contributed by atoms with van der Waals surface area (Å²) in [4.78, 5) is 4.40. The largest absolute Gasteiger partial charge is 0.454 e. The lowest BCUT2D eigenvalue weighted by Gasteiger charge is -2.08. The number of nitrogens with zero attached hydrogens (tertiary/aromatic N) is 1. The molecule has 0 saturated heterocycles. The third-order valence-corrected chi connectivity index (χ3v) is 2.99. The fourth-order valence-electron chi connectivity index (χ4n) is 1.98. The maximum Gasteiger partial charge on any atom is 0.165 e. The summed E-state index contributed by atoms with van der Waals surface area (Å²) in [6, 6.07) is 15.5. The third-order valence-electron chi connectivity index (χ3n) is 2.99. The highest BCUT2D eigenvalue weighted by atomic mass is 19.1. The van der Waals surface area contributed by atoms with Gasteiger partial charge in [0.15, 0.2) is 11.6 Å². The van der Waals surface area contributed by atoms with Crippen LogP contribution in [0.1, 0.15) is 5.69 Å². The highest BCUT2D eigenvalue weighted by Gasteiger charge is 2.05. The van der Waals surface area contributed by atoms with Gasteiger partial charge in [0.1, 0.15) is 5.75 Å². The molecule has 0 spiro atoms. The second kappa shape index (κ2) is 5.27. The van der Waals surface area contributed by atoms with E-state index in [2.05, 4.69) is 4.98 Å². The van der Waals surface area contributed by atoms with E-state index in [1.807, 2.05) is 24.3 Å². The standard InChI is InChI=1S/C16H13FN2O/c17-14-3-1-2-4-16(14)20-13-7-8-15-11(9-13)5-6-12(10-18)19-15/h1-9H,10,18H2. The lowest BCUT2D eigenvalue weighted by Crippen LogP contribution is -1.99. The van der Waals surface area contributed by atoms with E-state index in [4.69, 9.17) is 10.5 Å². The molecule has 0 unspecified atom stereocenters. The van der Waals surface area contributed by atoms with Crippen LogP contribution in [0.5, 0.6) is 11.5 Å². The summed E-state index contributed by atoms with van der Waals surface area (Å²) in [5.74, 6) is 0.396. The van der Waals surface area contributed by atoms with Gasteiger partial charge >= 0.3 is 0 Å². The zero-order chi connectivity index (χ0) is 13.9. The number of benzene rings is 2. The van der Waals surface area contributed by atoms with E-state index in [1.165, 1.54) is 6.07 Å². The van der Waals surface area contributed by atoms with Gasteiger partial charge < -0.3 is 10.5 Å². The average molecular weight is 268 g/mol. The highest BCUT2D eigenvalue weighted by Crippen LogP contribution is 2.26. The SMILES string of the molecule is NCc1ccc2cc(Oc3ccccc3F)ccc2n1. The number of hydrogen-bond acceptors (Lipinski definition) is 3. The molecular formula is C16H13FN2O. The van der Waals surface area contributed by atoms with E-state index in [9.17, 15) is 4.39 Å². The number of aromatic nitrogens is 1. The normalized spacial score (nSPS) is 10.7. The monoisotopic (exact) mass is 268 g/mol. The minimum absolute atomic E-state index is 0.207. The summed E-state index contributed by atoms with van der Waals surface area (Å²) in [7, 11) is 0. The van der Waals surface area contributed by atoms with Crippen molar-refractivity contribution in [3.05, 3.63) is 66.1 Å². The second-order valence-corrected chi connectivity index (χ2v) is 4.39. The molecular weight excluding hydrogens is 255 g/mol. The number of pyridine rings is 1. The lowest BCUT2D eigenvalue weighted by atomic mass is 10.2. The van der Waals surface area contributed by atoms with Crippen molar-refractivity contribution in [2.75, 3.05) is 0 Å². The predicted octanol–water partition coefficient (Wildman–Crippen LogP) is 3.62. The molecule has 0 atom stereocenters. The number of hydrogen-bond donors (Lipinski definition) is 1. The first kappa shape index (κ1) is 12.6. The Hall–Kier alpha value is -2.46. The minimum Gasteiger partial charge on any atom is -0.454 e. The van der Waals surface area contributed by atoms with Crippen molar-refractivity contribution in [3.8, 4) is 11.5 Å². The fourth-order valence-corrected chi connectivity index (χ4v) is 1.98. The molecule has 3 nitrogen and oxygen atoms in total. The molecule has 4 heteroatoms. The van der Waals surface area contributed by atoms with Gasteiger partial charge in [-0.05, 0) is 36.4 Å². The minimum atomic E-state index is -0.385. The summed E-state index contributed by atoms with van der Waals surface area (Å²) in [5, 5.41) is 0.927. The number of ether oxygens (including phenoxy) is 1. The summed E-state index contributed by atoms with van der Waals surface area (Å²) in [6.07, 6.45) is 0. The van der Waals surface area contributed by atoms with E-state index in [0.717, 1.165) is 16.6 Å². The first-order valence-corrected chi connectivity index (χ1v) is 6.28. The van der Waals surface area contributed by atoms with Crippen LogP contribution in [-0.2, 0) is 6.54 Å². The maximum absolute atomic E-state index is 13.5. The Morgan fingerprint density at radius 1 is 1.05 bits per heavy atom. The molecule has 1 heterocycles. The number of fused-ring (bicyclic) bond motifs is 1. The quantitative estimate of drug-likeness (QED) is 0.789. The maximum atomic E-state index is 13.5. The summed E-state index contributed by atoms with van der Waals surface area (Å²) in [6.45, 7) is 0.406. The van der Waals surface area contributed by atoms with E-state index in [0.29, 0.717) is 12.3 Å². The molecule has 2 N–H and O–H groups in total. The van der Waals surface area contributed by atoms with Gasteiger partial charge in [0, 0.05) is 11.9 Å². The average Bonchev–Trinajstić information content (AvgIpc) is 2.49. The van der Waals surface area contributed by atoms with Gasteiger partial charge in [-0.2, -0.15) is 0 Å². The molecule has 0 saturated carbocycles. The van der Waals surface area contributed by atoms with Gasteiger partial charge in [0.05, 0.1) is 11.2 Å². The second-order valence-electron chi connectivity index (χ2n) is 4.39. The van der Waals surface area contributed by atoms with Gasteiger partial charge in [-0.3, -0.25) is 4.98 Å². The third kappa shape index (κ3) is 2.46. The van der Waals surface area contributed by atoms with E-state index < -0.39 is 0 Å². The van der Waals surface area contributed by atoms with Crippen LogP contribution in [0.15, 0.2) is 54.6 Å². The van der Waals surface area contributed by atoms with E-state index in [-0.39, 0.29) is 11.6 Å². The van der Waals surface area contributed by atoms with Crippen molar-refractivity contribution in [2.24, 2.45) is 5.73 Å². The number of rotatable bonds is 3.